The van der Waals surface area contributed by atoms with E-state index in [0.29, 0.717) is 56.5 Å². The van der Waals surface area contributed by atoms with Crippen LogP contribution in [0.25, 0.3) is 0 Å². The quantitative estimate of drug-likeness (QED) is 0.571. The Kier molecular flexibility index (Phi) is 8.94. The van der Waals surface area contributed by atoms with Gasteiger partial charge in [-0.2, -0.15) is 0 Å². The Labute approximate surface area is 209 Å². The summed E-state index contributed by atoms with van der Waals surface area (Å²) in [6, 6.07) is 7.26. The van der Waals surface area contributed by atoms with E-state index in [2.05, 4.69) is 24.1 Å². The molecule has 0 aromatic heterocycles. The van der Waals surface area contributed by atoms with Crippen LogP contribution in [-0.2, 0) is 14.3 Å². The second kappa shape index (κ2) is 11.7. The second-order valence-corrected chi connectivity index (χ2v) is 9.79. The van der Waals surface area contributed by atoms with Gasteiger partial charge in [0.15, 0.2) is 0 Å². The Balaban J connectivity index is 1.95. The second-order valence-electron chi connectivity index (χ2n) is 9.79. The normalized spacial score (nSPS) is 19.4. The van der Waals surface area contributed by atoms with Gasteiger partial charge in [0.2, 0.25) is 5.91 Å². The number of esters is 1. The highest BCUT2D eigenvalue weighted by atomic mass is 16.5. The molecule has 8 nitrogen and oxygen atoms in total. The lowest BCUT2D eigenvalue weighted by atomic mass is 9.92. The largest absolute Gasteiger partial charge is 0.463 e. The summed E-state index contributed by atoms with van der Waals surface area (Å²) in [4.78, 5) is 44.5. The fraction of sp³-hybridized carbons (Fsp3) is 0.593. The first-order valence-electron chi connectivity index (χ1n) is 12.8. The molecule has 0 saturated carbocycles. The van der Waals surface area contributed by atoms with Crippen molar-refractivity contribution in [3.05, 3.63) is 46.7 Å². The third-order valence-corrected chi connectivity index (χ3v) is 6.74. The van der Waals surface area contributed by atoms with Gasteiger partial charge in [-0.25, -0.2) is 9.59 Å². The molecule has 0 bridgehead atoms. The highest BCUT2D eigenvalue weighted by molar-refractivity contribution is 5.95. The highest BCUT2D eigenvalue weighted by Gasteiger charge is 2.38. The molecular weight excluding hydrogens is 444 g/mol. The molecule has 35 heavy (non-hydrogen) atoms. The van der Waals surface area contributed by atoms with Gasteiger partial charge in [-0.15, -0.1) is 0 Å². The number of nitrogens with zero attached hydrogens (tertiary/aromatic N) is 3. The molecule has 1 aromatic carbocycles. The molecule has 3 rings (SSSR count). The van der Waals surface area contributed by atoms with Gasteiger partial charge in [-0.1, -0.05) is 52.0 Å². The van der Waals surface area contributed by atoms with Crippen LogP contribution in [-0.4, -0.2) is 78.5 Å². The summed E-state index contributed by atoms with van der Waals surface area (Å²) in [6.07, 6.45) is 0. The highest BCUT2D eigenvalue weighted by Crippen LogP contribution is 2.33. The van der Waals surface area contributed by atoms with Crippen LogP contribution < -0.4 is 5.32 Å². The van der Waals surface area contributed by atoms with Crippen molar-refractivity contribution in [1.82, 2.24) is 20.0 Å². The Bertz CT molecular complexity index is 946. The standard InChI is InChI=1S/C27H40N4O4/c1-7-31-22(17-29-13-15-30(16-14-29)25(32)19(5)6)23(26(33)35-8-2)24(28-27(31)34)21-11-9-20(10-12-21)18(3)4/h9-12,18-19,24H,7-8,13-17H2,1-6H3,(H,28,34). The van der Waals surface area contributed by atoms with E-state index in [4.69, 9.17) is 4.74 Å². The van der Waals surface area contributed by atoms with Crippen molar-refractivity contribution in [3.63, 3.8) is 0 Å². The molecule has 1 aromatic rings. The third-order valence-electron chi connectivity index (χ3n) is 6.74. The predicted octanol–water partition coefficient (Wildman–Crippen LogP) is 3.51. The summed E-state index contributed by atoms with van der Waals surface area (Å²) in [6.45, 7) is 15.6. The Hall–Kier alpha value is -2.87. The molecule has 2 aliphatic rings. The van der Waals surface area contributed by atoms with E-state index < -0.39 is 12.0 Å². The van der Waals surface area contributed by atoms with Gasteiger partial charge in [0, 0.05) is 50.9 Å². The summed E-state index contributed by atoms with van der Waals surface area (Å²) < 4.78 is 5.47. The average Bonchev–Trinajstić information content (AvgIpc) is 2.84. The Morgan fingerprint density at radius 2 is 1.66 bits per heavy atom. The lowest BCUT2D eigenvalue weighted by Crippen LogP contribution is -2.54. The number of ether oxygens (including phenoxy) is 1. The summed E-state index contributed by atoms with van der Waals surface area (Å²) in [7, 11) is 0. The van der Waals surface area contributed by atoms with Crippen molar-refractivity contribution >= 4 is 17.9 Å². The van der Waals surface area contributed by atoms with Crippen LogP contribution in [0.4, 0.5) is 4.79 Å². The lowest BCUT2D eigenvalue weighted by Gasteiger charge is -2.40. The number of hydrogen-bond donors (Lipinski definition) is 1. The number of amides is 3. The molecule has 2 heterocycles. The molecular formula is C27H40N4O4. The molecule has 1 atom stereocenters. The maximum Gasteiger partial charge on any atom is 0.338 e. The van der Waals surface area contributed by atoms with Crippen LogP contribution in [0.2, 0.25) is 0 Å². The minimum Gasteiger partial charge on any atom is -0.463 e. The molecule has 2 aliphatic heterocycles. The van der Waals surface area contributed by atoms with Crippen molar-refractivity contribution in [2.75, 3.05) is 45.9 Å². The number of piperazine rings is 1. The Morgan fingerprint density at radius 3 is 2.17 bits per heavy atom. The number of nitrogens with one attached hydrogen (secondary N) is 1. The first kappa shape index (κ1) is 26.7. The molecule has 0 aliphatic carbocycles. The Morgan fingerprint density at radius 1 is 1.03 bits per heavy atom. The molecule has 3 amide bonds. The van der Waals surface area contributed by atoms with E-state index >= 15 is 0 Å². The maximum absolute atomic E-state index is 13.3. The van der Waals surface area contributed by atoms with E-state index in [9.17, 15) is 14.4 Å². The predicted molar refractivity (Wildman–Crippen MR) is 136 cm³/mol. The molecule has 192 valence electrons. The van der Waals surface area contributed by atoms with E-state index in [1.54, 1.807) is 11.8 Å². The molecule has 1 unspecified atom stereocenters. The van der Waals surface area contributed by atoms with Gasteiger partial charge in [-0.3, -0.25) is 14.6 Å². The van der Waals surface area contributed by atoms with Crippen LogP contribution >= 0.6 is 0 Å². The van der Waals surface area contributed by atoms with E-state index in [0.717, 1.165) is 5.56 Å². The first-order chi connectivity index (χ1) is 16.7. The third kappa shape index (κ3) is 6.04. The molecule has 8 heteroatoms. The van der Waals surface area contributed by atoms with E-state index in [1.807, 2.05) is 49.9 Å². The number of carbonyl (C=O) groups is 3. The number of urea groups is 1. The maximum atomic E-state index is 13.3. The average molecular weight is 485 g/mol. The van der Waals surface area contributed by atoms with E-state index in [1.165, 1.54) is 5.56 Å². The van der Waals surface area contributed by atoms with Gasteiger partial charge >= 0.3 is 12.0 Å². The molecule has 0 spiro atoms. The van der Waals surface area contributed by atoms with Crippen molar-refractivity contribution in [1.29, 1.82) is 0 Å². The first-order valence-corrected chi connectivity index (χ1v) is 12.8. The van der Waals surface area contributed by atoms with Gasteiger partial charge in [0.25, 0.3) is 0 Å². The minimum absolute atomic E-state index is 0.0276. The van der Waals surface area contributed by atoms with Crippen molar-refractivity contribution in [2.45, 2.75) is 53.5 Å². The fourth-order valence-electron chi connectivity index (χ4n) is 4.68. The summed E-state index contributed by atoms with van der Waals surface area (Å²) >= 11 is 0. The minimum atomic E-state index is -0.579. The number of likely N-dealkylation sites (N-methyl/N-ethyl adjacent to an activating group) is 1. The number of carbonyl (C=O) groups excluding carboxylic acids is 3. The number of hydrogen-bond acceptors (Lipinski definition) is 5. The van der Waals surface area contributed by atoms with Gasteiger partial charge in [0.05, 0.1) is 18.2 Å². The fourth-order valence-corrected chi connectivity index (χ4v) is 4.68. The molecule has 1 fully saturated rings. The summed E-state index contributed by atoms with van der Waals surface area (Å²) in [5.41, 5.74) is 3.20. The van der Waals surface area contributed by atoms with Crippen LogP contribution in [0.1, 0.15) is 64.6 Å². The van der Waals surface area contributed by atoms with Crippen molar-refractivity contribution < 1.29 is 19.1 Å². The van der Waals surface area contributed by atoms with Gasteiger partial charge < -0.3 is 15.0 Å². The number of rotatable bonds is 8. The topological polar surface area (TPSA) is 82.2 Å². The van der Waals surface area contributed by atoms with Crippen LogP contribution in [0, 0.1) is 5.92 Å². The summed E-state index contributed by atoms with van der Waals surface area (Å²) in [5, 5.41) is 3.03. The monoisotopic (exact) mass is 484 g/mol. The lowest BCUT2D eigenvalue weighted by molar-refractivity contribution is -0.139. The molecule has 1 N–H and O–H groups in total. The van der Waals surface area contributed by atoms with Crippen molar-refractivity contribution in [2.24, 2.45) is 5.92 Å². The zero-order chi connectivity index (χ0) is 25.7. The smallest absolute Gasteiger partial charge is 0.338 e. The summed E-state index contributed by atoms with van der Waals surface area (Å²) in [5.74, 6) is 0.110. The van der Waals surface area contributed by atoms with Crippen LogP contribution in [0.5, 0.6) is 0 Å². The van der Waals surface area contributed by atoms with Gasteiger partial charge in [0.1, 0.15) is 0 Å². The van der Waals surface area contributed by atoms with Crippen molar-refractivity contribution in [3.8, 4) is 0 Å². The SMILES string of the molecule is CCOC(=O)C1=C(CN2CCN(C(=O)C(C)C)CC2)N(CC)C(=O)NC1c1ccc(C(C)C)cc1. The van der Waals surface area contributed by atoms with Crippen LogP contribution in [0.15, 0.2) is 35.5 Å². The van der Waals surface area contributed by atoms with Crippen LogP contribution in [0.3, 0.4) is 0 Å². The zero-order valence-corrected chi connectivity index (χ0v) is 22.0. The molecule has 0 radical (unpaired) electrons. The zero-order valence-electron chi connectivity index (χ0n) is 22.0. The number of benzene rings is 1. The van der Waals surface area contributed by atoms with Gasteiger partial charge in [-0.05, 0) is 30.9 Å². The van der Waals surface area contributed by atoms with E-state index in [-0.39, 0.29) is 24.5 Å². The molecule has 1 saturated heterocycles.